The molecule has 0 aliphatic rings. The predicted molar refractivity (Wildman–Crippen MR) is 77.1 cm³/mol. The number of nitro groups is 1. The highest BCUT2D eigenvalue weighted by Crippen LogP contribution is 2.34. The molecule has 0 atom stereocenters. The van der Waals surface area contributed by atoms with Gasteiger partial charge in [-0.05, 0) is 25.1 Å². The smallest absolute Gasteiger partial charge is 0.352 e. The van der Waals surface area contributed by atoms with Gasteiger partial charge in [0.1, 0.15) is 5.69 Å². The van der Waals surface area contributed by atoms with Crippen LogP contribution in [0.15, 0.2) is 22.7 Å². The molecule has 0 amide bonds. The van der Waals surface area contributed by atoms with Gasteiger partial charge < -0.3 is 10.1 Å². The summed E-state index contributed by atoms with van der Waals surface area (Å²) in [5.41, 5.74) is -0.289. The maximum absolute atomic E-state index is 13.8. The fraction of sp³-hybridized carbons (Fsp3) is 0.167. The zero-order valence-electron chi connectivity index (χ0n) is 11.1. The minimum atomic E-state index is -0.666. The van der Waals surface area contributed by atoms with E-state index in [9.17, 15) is 14.5 Å². The van der Waals surface area contributed by atoms with E-state index in [1.54, 1.807) is 13.1 Å². The molecule has 0 aliphatic heterocycles. The van der Waals surface area contributed by atoms with Crippen molar-refractivity contribution >= 4 is 27.6 Å². The van der Waals surface area contributed by atoms with E-state index < -0.39 is 16.4 Å². The Balaban J connectivity index is 2.51. The van der Waals surface area contributed by atoms with E-state index in [1.807, 2.05) is 0 Å². The normalized spacial score (nSPS) is 10.3. The largest absolute Gasteiger partial charge is 0.430 e. The minimum absolute atomic E-state index is 0.117. The molecule has 0 bridgehead atoms. The number of hydrogen-bond donors (Lipinski definition) is 1. The Kier molecular flexibility index (Phi) is 4.32. The fourth-order valence-electron chi connectivity index (χ4n) is 1.60. The van der Waals surface area contributed by atoms with Crippen molar-refractivity contribution < 1.29 is 14.1 Å². The molecule has 0 saturated heterocycles. The predicted octanol–water partition coefficient (Wildman–Crippen LogP) is 3.43. The molecule has 1 heterocycles. The highest BCUT2D eigenvalue weighted by atomic mass is 79.9. The Bertz CT molecular complexity index is 711. The van der Waals surface area contributed by atoms with Crippen LogP contribution in [0.5, 0.6) is 11.6 Å². The molecule has 7 nitrogen and oxygen atoms in total. The van der Waals surface area contributed by atoms with Gasteiger partial charge in [0, 0.05) is 11.5 Å². The van der Waals surface area contributed by atoms with E-state index in [0.717, 1.165) is 0 Å². The molecule has 0 saturated carbocycles. The SMILES string of the molecule is CNc1nc(C)c([N+](=O)[O-])c(Oc2ccc(Br)cc2F)n1. The molecule has 110 valence electrons. The summed E-state index contributed by atoms with van der Waals surface area (Å²) >= 11 is 3.11. The van der Waals surface area contributed by atoms with Crippen molar-refractivity contribution in [3.8, 4) is 11.6 Å². The van der Waals surface area contributed by atoms with Crippen molar-refractivity contribution in [1.82, 2.24) is 9.97 Å². The van der Waals surface area contributed by atoms with Crippen LogP contribution in [0.2, 0.25) is 0 Å². The van der Waals surface area contributed by atoms with E-state index in [4.69, 9.17) is 4.74 Å². The minimum Gasteiger partial charge on any atom is -0.430 e. The van der Waals surface area contributed by atoms with Gasteiger partial charge in [-0.25, -0.2) is 9.37 Å². The van der Waals surface area contributed by atoms with E-state index in [0.29, 0.717) is 4.47 Å². The first-order valence-corrected chi connectivity index (χ1v) is 6.55. The van der Waals surface area contributed by atoms with Gasteiger partial charge in [-0.1, -0.05) is 15.9 Å². The van der Waals surface area contributed by atoms with Gasteiger partial charge in [0.2, 0.25) is 5.95 Å². The zero-order chi connectivity index (χ0) is 15.6. The van der Waals surface area contributed by atoms with Crippen molar-refractivity contribution in [3.63, 3.8) is 0 Å². The van der Waals surface area contributed by atoms with Gasteiger partial charge in [-0.2, -0.15) is 4.98 Å². The molecule has 1 N–H and O–H groups in total. The number of aromatic nitrogens is 2. The number of anilines is 1. The first-order valence-electron chi connectivity index (χ1n) is 5.76. The maximum atomic E-state index is 13.8. The van der Waals surface area contributed by atoms with Gasteiger partial charge in [-0.15, -0.1) is 0 Å². The molecule has 2 rings (SSSR count). The molecule has 0 fully saturated rings. The van der Waals surface area contributed by atoms with Crippen molar-refractivity contribution in [1.29, 1.82) is 0 Å². The molecular formula is C12H10BrFN4O3. The summed E-state index contributed by atoms with van der Waals surface area (Å²) in [6.07, 6.45) is 0. The number of aryl methyl sites for hydroxylation is 1. The lowest BCUT2D eigenvalue weighted by molar-refractivity contribution is -0.386. The summed E-state index contributed by atoms with van der Waals surface area (Å²) in [6, 6.07) is 4.09. The second-order valence-electron chi connectivity index (χ2n) is 3.97. The van der Waals surface area contributed by atoms with Crippen molar-refractivity contribution in [2.24, 2.45) is 0 Å². The number of ether oxygens (including phenoxy) is 1. The molecule has 1 aromatic carbocycles. The van der Waals surface area contributed by atoms with Gasteiger partial charge in [0.05, 0.1) is 4.92 Å². The summed E-state index contributed by atoms with van der Waals surface area (Å²) in [4.78, 5) is 18.2. The molecule has 0 radical (unpaired) electrons. The Morgan fingerprint density at radius 2 is 2.14 bits per heavy atom. The van der Waals surface area contributed by atoms with Crippen LogP contribution < -0.4 is 10.1 Å². The standard InChI is InChI=1S/C12H10BrFN4O3/c1-6-10(18(19)20)11(17-12(15-2)16-6)21-9-4-3-7(13)5-8(9)14/h3-5H,1-2H3,(H,15,16,17). The van der Waals surface area contributed by atoms with Crippen LogP contribution in [0.4, 0.5) is 16.0 Å². The van der Waals surface area contributed by atoms with Crippen LogP contribution in [-0.4, -0.2) is 21.9 Å². The molecule has 0 spiro atoms. The lowest BCUT2D eigenvalue weighted by Crippen LogP contribution is -2.05. The van der Waals surface area contributed by atoms with Gasteiger partial charge in [-0.3, -0.25) is 10.1 Å². The van der Waals surface area contributed by atoms with Crippen LogP contribution in [0.3, 0.4) is 0 Å². The number of halogens is 2. The second-order valence-corrected chi connectivity index (χ2v) is 4.89. The molecule has 21 heavy (non-hydrogen) atoms. The molecule has 0 aliphatic carbocycles. The summed E-state index contributed by atoms with van der Waals surface area (Å²) in [6.45, 7) is 1.45. The topological polar surface area (TPSA) is 90.2 Å². The lowest BCUT2D eigenvalue weighted by Gasteiger charge is -2.09. The van der Waals surface area contributed by atoms with Gasteiger partial charge in [0.15, 0.2) is 11.6 Å². The molecule has 0 unspecified atom stereocenters. The molecule has 2 aromatic rings. The third-order valence-corrected chi connectivity index (χ3v) is 3.03. The van der Waals surface area contributed by atoms with Crippen LogP contribution >= 0.6 is 15.9 Å². The van der Waals surface area contributed by atoms with E-state index in [2.05, 4.69) is 31.2 Å². The van der Waals surface area contributed by atoms with Crippen LogP contribution in [0, 0.1) is 22.9 Å². The first kappa shape index (κ1) is 15.1. The van der Waals surface area contributed by atoms with E-state index >= 15 is 0 Å². The van der Waals surface area contributed by atoms with Gasteiger partial charge >= 0.3 is 11.6 Å². The number of benzene rings is 1. The van der Waals surface area contributed by atoms with Crippen molar-refractivity contribution in [3.05, 3.63) is 44.3 Å². The average molecular weight is 357 g/mol. The van der Waals surface area contributed by atoms with Crippen molar-refractivity contribution in [2.75, 3.05) is 12.4 Å². The zero-order valence-corrected chi connectivity index (χ0v) is 12.6. The van der Waals surface area contributed by atoms with Crippen LogP contribution in [0.1, 0.15) is 5.69 Å². The highest BCUT2D eigenvalue weighted by molar-refractivity contribution is 9.10. The summed E-state index contributed by atoms with van der Waals surface area (Å²) < 4.78 is 19.5. The lowest BCUT2D eigenvalue weighted by atomic mass is 10.3. The summed E-state index contributed by atoms with van der Waals surface area (Å²) in [7, 11) is 1.56. The second kappa shape index (κ2) is 6.00. The number of hydrogen-bond acceptors (Lipinski definition) is 6. The quantitative estimate of drug-likeness (QED) is 0.666. The highest BCUT2D eigenvalue weighted by Gasteiger charge is 2.24. The Morgan fingerprint density at radius 1 is 1.43 bits per heavy atom. The van der Waals surface area contributed by atoms with Gasteiger partial charge in [0.25, 0.3) is 0 Å². The Labute approximate surface area is 127 Å². The summed E-state index contributed by atoms with van der Waals surface area (Å²) in [5.74, 6) is -1.01. The number of rotatable bonds is 4. The number of nitrogens with zero attached hydrogens (tertiary/aromatic N) is 3. The fourth-order valence-corrected chi connectivity index (χ4v) is 1.93. The first-order chi connectivity index (χ1) is 9.92. The van der Waals surface area contributed by atoms with Crippen LogP contribution in [0.25, 0.3) is 0 Å². The van der Waals surface area contributed by atoms with Crippen LogP contribution in [-0.2, 0) is 0 Å². The molecule has 9 heteroatoms. The van der Waals surface area contributed by atoms with E-state index in [1.165, 1.54) is 19.1 Å². The van der Waals surface area contributed by atoms with E-state index in [-0.39, 0.29) is 23.3 Å². The Morgan fingerprint density at radius 3 is 2.71 bits per heavy atom. The maximum Gasteiger partial charge on any atom is 0.352 e. The number of nitrogens with one attached hydrogen (secondary N) is 1. The average Bonchev–Trinajstić information content (AvgIpc) is 2.40. The van der Waals surface area contributed by atoms with Crippen molar-refractivity contribution in [2.45, 2.75) is 6.92 Å². The third kappa shape index (κ3) is 3.24. The molecular weight excluding hydrogens is 347 g/mol. The summed E-state index contributed by atoms with van der Waals surface area (Å²) in [5, 5.41) is 13.8. The third-order valence-electron chi connectivity index (χ3n) is 2.53. The Hall–Kier alpha value is -2.29. The monoisotopic (exact) mass is 356 g/mol. The molecule has 1 aromatic heterocycles.